The Kier molecular flexibility index (Phi) is 3.44. The Morgan fingerprint density at radius 2 is 2.10 bits per heavy atom. The van der Waals surface area contributed by atoms with Crippen LogP contribution >= 0.6 is 0 Å². The molecule has 1 aliphatic heterocycles. The lowest BCUT2D eigenvalue weighted by Crippen LogP contribution is -2.12. The van der Waals surface area contributed by atoms with Gasteiger partial charge in [0.25, 0.3) is 0 Å². The fourth-order valence-corrected chi connectivity index (χ4v) is 2.59. The zero-order valence-corrected chi connectivity index (χ0v) is 11.0. The average molecular weight is 299 g/mol. The van der Waals surface area contributed by atoms with E-state index in [4.69, 9.17) is 0 Å². The minimum Gasteiger partial charge on any atom is -0.316 e. The molecule has 0 aliphatic carbocycles. The highest BCUT2D eigenvalue weighted by atomic mass is 19.4. The van der Waals surface area contributed by atoms with Crippen LogP contribution in [0.15, 0.2) is 30.7 Å². The molecule has 7 heteroatoms. The van der Waals surface area contributed by atoms with Crippen molar-refractivity contribution < 1.29 is 17.6 Å². The Hall–Kier alpha value is -1.89. The number of hydrogen-bond donors (Lipinski definition) is 1. The molecule has 2 aromatic rings. The Morgan fingerprint density at radius 3 is 2.76 bits per heavy atom. The second-order valence-corrected chi connectivity index (χ2v) is 5.04. The van der Waals surface area contributed by atoms with Crippen molar-refractivity contribution >= 4 is 0 Å². The molecule has 1 aromatic heterocycles. The molecule has 1 atom stereocenters. The van der Waals surface area contributed by atoms with Gasteiger partial charge >= 0.3 is 6.18 Å². The molecule has 1 fully saturated rings. The highest BCUT2D eigenvalue weighted by molar-refractivity contribution is 5.40. The Morgan fingerprint density at radius 1 is 1.29 bits per heavy atom. The number of nitrogens with one attached hydrogen (secondary N) is 1. The van der Waals surface area contributed by atoms with Gasteiger partial charge < -0.3 is 5.32 Å². The monoisotopic (exact) mass is 299 g/mol. The summed E-state index contributed by atoms with van der Waals surface area (Å²) in [5.41, 5.74) is -0.273. The quantitative estimate of drug-likeness (QED) is 0.864. The summed E-state index contributed by atoms with van der Waals surface area (Å²) in [5, 5.41) is 3.17. The number of rotatable bonds is 2. The molecule has 0 radical (unpaired) electrons. The summed E-state index contributed by atoms with van der Waals surface area (Å²) < 4.78 is 53.7. The third kappa shape index (κ3) is 2.65. The van der Waals surface area contributed by atoms with Crippen LogP contribution in [0.4, 0.5) is 17.6 Å². The number of halogens is 4. The van der Waals surface area contributed by atoms with Gasteiger partial charge in [0.1, 0.15) is 5.82 Å². The van der Waals surface area contributed by atoms with E-state index in [1.807, 2.05) is 0 Å². The minimum absolute atomic E-state index is 0.121. The SMILES string of the molecule is Fc1ccc(C(F)(F)F)cc1-n1cncc1C1CCNC1. The predicted octanol–water partition coefficient (Wildman–Crippen LogP) is 3.11. The average Bonchev–Trinajstić information content (AvgIpc) is 3.08. The van der Waals surface area contributed by atoms with E-state index < -0.39 is 17.6 Å². The first-order valence-corrected chi connectivity index (χ1v) is 6.57. The molecule has 0 spiro atoms. The first kappa shape index (κ1) is 14.1. The highest BCUT2D eigenvalue weighted by Crippen LogP contribution is 2.32. The smallest absolute Gasteiger partial charge is 0.316 e. The molecule has 1 saturated heterocycles. The van der Waals surface area contributed by atoms with E-state index in [2.05, 4.69) is 10.3 Å². The topological polar surface area (TPSA) is 29.9 Å². The predicted molar refractivity (Wildman–Crippen MR) is 68.8 cm³/mol. The second kappa shape index (κ2) is 5.14. The first-order valence-electron chi connectivity index (χ1n) is 6.57. The largest absolute Gasteiger partial charge is 0.416 e. The van der Waals surface area contributed by atoms with Crippen molar-refractivity contribution in [1.29, 1.82) is 0 Å². The van der Waals surface area contributed by atoms with Gasteiger partial charge in [-0.3, -0.25) is 4.57 Å². The van der Waals surface area contributed by atoms with Crippen molar-refractivity contribution in [3.05, 3.63) is 47.8 Å². The van der Waals surface area contributed by atoms with Gasteiger partial charge in [0.05, 0.1) is 17.6 Å². The first-order chi connectivity index (χ1) is 9.97. The lowest BCUT2D eigenvalue weighted by molar-refractivity contribution is -0.137. The Balaban J connectivity index is 2.06. The summed E-state index contributed by atoms with van der Waals surface area (Å²) in [7, 11) is 0. The van der Waals surface area contributed by atoms with E-state index in [-0.39, 0.29) is 11.6 Å². The molecule has 1 N–H and O–H groups in total. The molecular weight excluding hydrogens is 286 g/mol. The van der Waals surface area contributed by atoms with Gasteiger partial charge in [-0.1, -0.05) is 0 Å². The number of benzene rings is 1. The molecule has 1 unspecified atom stereocenters. The van der Waals surface area contributed by atoms with Gasteiger partial charge in [-0.05, 0) is 31.2 Å². The molecule has 0 amide bonds. The molecule has 3 nitrogen and oxygen atoms in total. The molecule has 1 aromatic carbocycles. The fourth-order valence-electron chi connectivity index (χ4n) is 2.59. The van der Waals surface area contributed by atoms with Crippen LogP contribution in [0.5, 0.6) is 0 Å². The summed E-state index contributed by atoms with van der Waals surface area (Å²) in [6, 6.07) is 2.41. The number of aromatic nitrogens is 2. The van der Waals surface area contributed by atoms with Gasteiger partial charge in [0.15, 0.2) is 0 Å². The Bertz CT molecular complexity index is 642. The van der Waals surface area contributed by atoms with Crippen LogP contribution in [-0.2, 0) is 6.18 Å². The normalized spacial score (nSPS) is 19.1. The van der Waals surface area contributed by atoms with Crippen molar-refractivity contribution in [2.24, 2.45) is 0 Å². The maximum absolute atomic E-state index is 14.0. The maximum Gasteiger partial charge on any atom is 0.416 e. The van der Waals surface area contributed by atoms with Crippen molar-refractivity contribution in [2.45, 2.75) is 18.5 Å². The number of alkyl halides is 3. The zero-order chi connectivity index (χ0) is 15.0. The van der Waals surface area contributed by atoms with Crippen LogP contribution in [0, 0.1) is 5.82 Å². The van der Waals surface area contributed by atoms with Crippen LogP contribution < -0.4 is 5.32 Å². The van der Waals surface area contributed by atoms with Crippen molar-refractivity contribution in [2.75, 3.05) is 13.1 Å². The van der Waals surface area contributed by atoms with Crippen molar-refractivity contribution in [3.8, 4) is 5.69 Å². The van der Waals surface area contributed by atoms with Gasteiger partial charge in [-0.2, -0.15) is 13.2 Å². The maximum atomic E-state index is 14.0. The molecule has 0 saturated carbocycles. The van der Waals surface area contributed by atoms with Crippen LogP contribution in [0.3, 0.4) is 0 Å². The van der Waals surface area contributed by atoms with Crippen LogP contribution in [0.25, 0.3) is 5.69 Å². The van der Waals surface area contributed by atoms with E-state index >= 15 is 0 Å². The summed E-state index contributed by atoms with van der Waals surface area (Å²) in [6.45, 7) is 1.55. The number of nitrogens with zero attached hydrogens (tertiary/aromatic N) is 2. The van der Waals surface area contributed by atoms with E-state index in [0.29, 0.717) is 6.54 Å². The molecule has 21 heavy (non-hydrogen) atoms. The number of hydrogen-bond acceptors (Lipinski definition) is 2. The third-order valence-electron chi connectivity index (χ3n) is 3.68. The van der Waals surface area contributed by atoms with Gasteiger partial charge in [-0.15, -0.1) is 0 Å². The van der Waals surface area contributed by atoms with E-state index in [1.54, 1.807) is 6.20 Å². The van der Waals surface area contributed by atoms with Gasteiger partial charge in [-0.25, -0.2) is 9.37 Å². The lowest BCUT2D eigenvalue weighted by Gasteiger charge is -2.15. The minimum atomic E-state index is -4.50. The van der Waals surface area contributed by atoms with E-state index in [1.165, 1.54) is 10.9 Å². The van der Waals surface area contributed by atoms with E-state index in [9.17, 15) is 17.6 Å². The summed E-state index contributed by atoms with van der Waals surface area (Å²) in [4.78, 5) is 3.96. The molecule has 2 heterocycles. The van der Waals surface area contributed by atoms with Crippen LogP contribution in [0.1, 0.15) is 23.6 Å². The summed E-state index contributed by atoms with van der Waals surface area (Å²) >= 11 is 0. The van der Waals surface area contributed by atoms with Crippen molar-refractivity contribution in [1.82, 2.24) is 14.9 Å². The van der Waals surface area contributed by atoms with Gasteiger partial charge in [0.2, 0.25) is 0 Å². The molecule has 3 rings (SSSR count). The lowest BCUT2D eigenvalue weighted by atomic mass is 10.1. The van der Waals surface area contributed by atoms with Crippen LogP contribution in [0.2, 0.25) is 0 Å². The highest BCUT2D eigenvalue weighted by Gasteiger charge is 2.32. The third-order valence-corrected chi connectivity index (χ3v) is 3.68. The zero-order valence-electron chi connectivity index (χ0n) is 11.0. The van der Waals surface area contributed by atoms with E-state index in [0.717, 1.165) is 36.9 Å². The molecular formula is C14H13F4N3. The summed E-state index contributed by atoms with van der Waals surface area (Å²) in [5.74, 6) is -0.574. The molecule has 112 valence electrons. The van der Waals surface area contributed by atoms with Gasteiger partial charge in [0, 0.05) is 24.4 Å². The molecule has 0 bridgehead atoms. The standard InChI is InChI=1S/C14H13F4N3/c15-11-2-1-10(14(16,17)18)5-12(11)21-8-20-7-13(21)9-3-4-19-6-9/h1-2,5,7-9,19H,3-4,6H2. The second-order valence-electron chi connectivity index (χ2n) is 5.04. The Labute approximate surface area is 118 Å². The van der Waals surface area contributed by atoms with Crippen molar-refractivity contribution in [3.63, 3.8) is 0 Å². The molecule has 1 aliphatic rings. The fraction of sp³-hybridized carbons (Fsp3) is 0.357. The van der Waals surface area contributed by atoms with Crippen LogP contribution in [-0.4, -0.2) is 22.6 Å². The number of imidazole rings is 1. The summed E-state index contributed by atoms with van der Waals surface area (Å²) in [6.07, 6.45) is -0.714.